The number of alkyl halides is 1. The van der Waals surface area contributed by atoms with E-state index < -0.39 is 17.7 Å². The van der Waals surface area contributed by atoms with Gasteiger partial charge in [-0.05, 0) is 19.1 Å². The fraction of sp³-hybridized carbons (Fsp3) is 0.273. The summed E-state index contributed by atoms with van der Waals surface area (Å²) in [5.41, 5.74) is -0.465. The van der Waals surface area contributed by atoms with Crippen molar-refractivity contribution in [1.82, 2.24) is 4.98 Å². The van der Waals surface area contributed by atoms with E-state index in [1.807, 2.05) is 0 Å². The quantitative estimate of drug-likeness (QED) is 0.503. The lowest BCUT2D eigenvalue weighted by atomic mass is 10.1. The molecule has 0 bridgehead atoms. The smallest absolute Gasteiger partial charge is 0.356 e. The number of carboxylic acids is 1. The Labute approximate surface area is 111 Å². The Hall–Kier alpha value is -1.76. The van der Waals surface area contributed by atoms with Crippen molar-refractivity contribution in [2.45, 2.75) is 6.92 Å². The number of hydrogen-bond acceptors (Lipinski definition) is 5. The van der Waals surface area contributed by atoms with Gasteiger partial charge in [0, 0.05) is 0 Å². The van der Waals surface area contributed by atoms with Crippen molar-refractivity contribution >= 4 is 33.7 Å². The molecule has 0 aliphatic rings. The van der Waals surface area contributed by atoms with Crippen LogP contribution in [0.4, 0.5) is 0 Å². The first-order valence-electron chi connectivity index (χ1n) is 5.01. The van der Waals surface area contributed by atoms with Crippen molar-refractivity contribution in [2.75, 3.05) is 11.9 Å². The van der Waals surface area contributed by atoms with Crippen LogP contribution in [0, 0.1) is 0 Å². The van der Waals surface area contributed by atoms with Gasteiger partial charge in [0.05, 0.1) is 17.5 Å². The molecule has 1 aromatic rings. The molecular weight excluding hydrogens is 306 g/mol. The summed E-state index contributed by atoms with van der Waals surface area (Å²) >= 11 is 2.95. The van der Waals surface area contributed by atoms with E-state index >= 15 is 0 Å². The SMILES string of the molecule is CCOC(=O)c1cc(C(=O)O)cc(C(=O)CBr)n1. The van der Waals surface area contributed by atoms with Gasteiger partial charge in [-0.1, -0.05) is 15.9 Å². The van der Waals surface area contributed by atoms with E-state index in [0.29, 0.717) is 0 Å². The van der Waals surface area contributed by atoms with Gasteiger partial charge >= 0.3 is 11.9 Å². The number of carboxylic acid groups (broad SMARTS) is 1. The van der Waals surface area contributed by atoms with Crippen LogP contribution in [0.2, 0.25) is 0 Å². The average molecular weight is 316 g/mol. The molecule has 0 amide bonds. The molecule has 1 rings (SSSR count). The topological polar surface area (TPSA) is 93.6 Å². The van der Waals surface area contributed by atoms with Gasteiger partial charge in [-0.2, -0.15) is 0 Å². The number of aromatic carboxylic acids is 1. The first-order chi connectivity index (χ1) is 8.49. The molecule has 0 aliphatic carbocycles. The van der Waals surface area contributed by atoms with Crippen LogP contribution in [0.25, 0.3) is 0 Å². The van der Waals surface area contributed by atoms with Crippen LogP contribution >= 0.6 is 15.9 Å². The number of ketones is 1. The first-order valence-corrected chi connectivity index (χ1v) is 6.13. The van der Waals surface area contributed by atoms with Crippen LogP contribution in [0.15, 0.2) is 12.1 Å². The van der Waals surface area contributed by atoms with Crippen molar-refractivity contribution in [2.24, 2.45) is 0 Å². The second-order valence-corrected chi connectivity index (χ2v) is 3.77. The number of nitrogens with zero attached hydrogens (tertiary/aromatic N) is 1. The Morgan fingerprint density at radius 2 is 1.94 bits per heavy atom. The van der Waals surface area contributed by atoms with Crippen LogP contribution in [-0.2, 0) is 4.74 Å². The van der Waals surface area contributed by atoms with E-state index in [-0.39, 0.29) is 28.9 Å². The van der Waals surface area contributed by atoms with Gasteiger partial charge in [0.1, 0.15) is 11.4 Å². The molecule has 0 saturated carbocycles. The van der Waals surface area contributed by atoms with Gasteiger partial charge in [-0.3, -0.25) is 4.79 Å². The third-order valence-corrected chi connectivity index (χ3v) is 2.47. The van der Waals surface area contributed by atoms with Crippen LogP contribution in [0.5, 0.6) is 0 Å². The van der Waals surface area contributed by atoms with Crippen LogP contribution in [-0.4, -0.2) is 39.7 Å². The lowest BCUT2D eigenvalue weighted by Crippen LogP contribution is -2.14. The van der Waals surface area contributed by atoms with Gasteiger partial charge in [-0.15, -0.1) is 0 Å². The van der Waals surface area contributed by atoms with E-state index in [1.54, 1.807) is 6.92 Å². The lowest BCUT2D eigenvalue weighted by molar-refractivity contribution is 0.0519. The number of carbonyl (C=O) groups excluding carboxylic acids is 2. The van der Waals surface area contributed by atoms with Crippen molar-refractivity contribution in [3.63, 3.8) is 0 Å². The van der Waals surface area contributed by atoms with Gasteiger partial charge in [0.2, 0.25) is 0 Å². The molecule has 1 aromatic heterocycles. The number of aromatic nitrogens is 1. The molecule has 0 aromatic carbocycles. The fourth-order valence-corrected chi connectivity index (χ4v) is 1.46. The highest BCUT2D eigenvalue weighted by molar-refractivity contribution is 9.09. The molecule has 0 spiro atoms. The molecule has 0 aliphatic heterocycles. The Balaban J connectivity index is 3.26. The molecule has 0 unspecified atom stereocenters. The average Bonchev–Trinajstić information content (AvgIpc) is 2.37. The minimum Gasteiger partial charge on any atom is -0.478 e. The number of ether oxygens (including phenoxy) is 1. The predicted octanol–water partition coefficient (Wildman–Crippen LogP) is 1.53. The summed E-state index contributed by atoms with van der Waals surface area (Å²) in [6.45, 7) is 1.75. The minimum atomic E-state index is -1.24. The Morgan fingerprint density at radius 1 is 1.33 bits per heavy atom. The van der Waals surface area contributed by atoms with E-state index in [4.69, 9.17) is 9.84 Å². The highest BCUT2D eigenvalue weighted by Crippen LogP contribution is 2.09. The maximum Gasteiger partial charge on any atom is 0.356 e. The third kappa shape index (κ3) is 3.36. The molecule has 1 heterocycles. The van der Waals surface area contributed by atoms with Gasteiger partial charge < -0.3 is 9.84 Å². The fourth-order valence-electron chi connectivity index (χ4n) is 1.17. The zero-order valence-electron chi connectivity index (χ0n) is 9.47. The van der Waals surface area contributed by atoms with E-state index in [2.05, 4.69) is 20.9 Å². The summed E-state index contributed by atoms with van der Waals surface area (Å²) in [7, 11) is 0. The summed E-state index contributed by atoms with van der Waals surface area (Å²) < 4.78 is 4.71. The maximum absolute atomic E-state index is 11.5. The van der Waals surface area contributed by atoms with Gasteiger partial charge in [-0.25, -0.2) is 14.6 Å². The molecule has 1 N–H and O–H groups in total. The molecule has 18 heavy (non-hydrogen) atoms. The zero-order valence-corrected chi connectivity index (χ0v) is 11.1. The summed E-state index contributed by atoms with van der Waals surface area (Å²) in [6, 6.07) is 2.19. The van der Waals surface area contributed by atoms with Crippen LogP contribution in [0.1, 0.15) is 38.3 Å². The zero-order chi connectivity index (χ0) is 13.7. The predicted molar refractivity (Wildman–Crippen MR) is 65.3 cm³/mol. The summed E-state index contributed by atoms with van der Waals surface area (Å²) in [4.78, 5) is 37.6. The Bertz CT molecular complexity index is 500. The normalized spacial score (nSPS) is 9.89. The second kappa shape index (κ2) is 6.25. The molecule has 6 nitrogen and oxygen atoms in total. The number of rotatable bonds is 5. The number of halogens is 1. The van der Waals surface area contributed by atoms with Crippen molar-refractivity contribution in [3.8, 4) is 0 Å². The van der Waals surface area contributed by atoms with E-state index in [0.717, 1.165) is 12.1 Å². The second-order valence-electron chi connectivity index (χ2n) is 3.21. The summed E-state index contributed by atoms with van der Waals surface area (Å²) in [5, 5.41) is 8.89. The number of Topliss-reactive ketones (excluding diaryl/α,β-unsaturated/α-hetero) is 1. The molecule has 0 fully saturated rings. The Kier molecular flexibility index (Phi) is 4.96. The molecule has 96 valence electrons. The standard InChI is InChI=1S/C11H10BrNO5/c1-2-18-11(17)8-4-6(10(15)16)3-7(13-8)9(14)5-12/h3-4H,2,5H2,1H3,(H,15,16). The molecular formula is C11H10BrNO5. The van der Waals surface area contributed by atoms with Crippen molar-refractivity contribution in [3.05, 3.63) is 29.1 Å². The first kappa shape index (κ1) is 14.3. The van der Waals surface area contributed by atoms with Gasteiger partial charge in [0.25, 0.3) is 0 Å². The number of esters is 1. The van der Waals surface area contributed by atoms with E-state index in [9.17, 15) is 14.4 Å². The maximum atomic E-state index is 11.5. The summed E-state index contributed by atoms with van der Waals surface area (Å²) in [5.74, 6) is -2.42. The molecule has 0 atom stereocenters. The number of carbonyl (C=O) groups is 3. The molecule has 0 saturated heterocycles. The van der Waals surface area contributed by atoms with Crippen molar-refractivity contribution in [1.29, 1.82) is 0 Å². The van der Waals surface area contributed by atoms with Gasteiger partial charge in [0.15, 0.2) is 5.78 Å². The van der Waals surface area contributed by atoms with Crippen LogP contribution in [0.3, 0.4) is 0 Å². The molecule has 0 radical (unpaired) electrons. The molecule has 7 heteroatoms. The number of pyridine rings is 1. The minimum absolute atomic E-state index is 0.00859. The summed E-state index contributed by atoms with van der Waals surface area (Å²) in [6.07, 6.45) is 0. The highest BCUT2D eigenvalue weighted by atomic mass is 79.9. The van der Waals surface area contributed by atoms with E-state index in [1.165, 1.54) is 0 Å². The lowest BCUT2D eigenvalue weighted by Gasteiger charge is -2.05. The largest absolute Gasteiger partial charge is 0.478 e. The van der Waals surface area contributed by atoms with Crippen LogP contribution < -0.4 is 0 Å². The Morgan fingerprint density at radius 3 is 2.44 bits per heavy atom. The third-order valence-electron chi connectivity index (χ3n) is 1.96. The van der Waals surface area contributed by atoms with Crippen molar-refractivity contribution < 1.29 is 24.2 Å². The highest BCUT2D eigenvalue weighted by Gasteiger charge is 2.17. The number of hydrogen-bond donors (Lipinski definition) is 1. The monoisotopic (exact) mass is 315 g/mol.